The maximum absolute atomic E-state index is 12.3. The number of aromatic nitrogens is 4. The summed E-state index contributed by atoms with van der Waals surface area (Å²) in [6.07, 6.45) is 0. The van der Waals surface area contributed by atoms with Gasteiger partial charge in [-0.1, -0.05) is 23.9 Å². The Morgan fingerprint density at radius 3 is 2.71 bits per heavy atom. The van der Waals surface area contributed by atoms with Crippen molar-refractivity contribution in [1.29, 1.82) is 0 Å². The highest BCUT2D eigenvalue weighted by Crippen LogP contribution is 2.24. The molecule has 3 aromatic rings. The van der Waals surface area contributed by atoms with Gasteiger partial charge in [0.2, 0.25) is 5.78 Å². The fourth-order valence-corrected chi connectivity index (χ4v) is 2.98. The van der Waals surface area contributed by atoms with Crippen molar-refractivity contribution < 1.29 is 4.79 Å². The Kier molecular flexibility index (Phi) is 3.29. The number of hydrogen-bond acceptors (Lipinski definition) is 5. The molecule has 0 aliphatic heterocycles. The lowest BCUT2D eigenvalue weighted by atomic mass is 10.2. The monoisotopic (exact) mass is 302 g/mol. The number of fused-ring (bicyclic) bond motifs is 3. The van der Waals surface area contributed by atoms with Crippen molar-refractivity contribution in [3.8, 4) is 0 Å². The summed E-state index contributed by atoms with van der Waals surface area (Å²) in [6, 6.07) is 7.32. The highest BCUT2D eigenvalue weighted by atomic mass is 32.2. The molecule has 0 amide bonds. The van der Waals surface area contributed by atoms with Gasteiger partial charge >= 0.3 is 0 Å². The van der Waals surface area contributed by atoms with E-state index in [1.165, 1.54) is 16.3 Å². The molecule has 6 nitrogen and oxygen atoms in total. The second-order valence-electron chi connectivity index (χ2n) is 4.87. The molecule has 1 unspecified atom stereocenters. The SMILES string of the molecule is CC(=O)C(C)Sc1nnc2n(C)c(=O)c3ccccc3n12. The van der Waals surface area contributed by atoms with Crippen molar-refractivity contribution in [2.24, 2.45) is 7.05 Å². The number of hydrogen-bond donors (Lipinski definition) is 0. The van der Waals surface area contributed by atoms with Crippen LogP contribution in [0.2, 0.25) is 0 Å². The average molecular weight is 302 g/mol. The predicted molar refractivity (Wildman–Crippen MR) is 81.7 cm³/mol. The molecule has 0 radical (unpaired) electrons. The molecule has 7 heteroatoms. The fourth-order valence-electron chi connectivity index (χ4n) is 2.13. The van der Waals surface area contributed by atoms with Gasteiger partial charge in [0.1, 0.15) is 5.78 Å². The topological polar surface area (TPSA) is 69.3 Å². The molecule has 0 aliphatic carbocycles. The summed E-state index contributed by atoms with van der Waals surface area (Å²) in [5, 5.41) is 9.22. The fraction of sp³-hybridized carbons (Fsp3) is 0.286. The van der Waals surface area contributed by atoms with Crippen molar-refractivity contribution in [3.63, 3.8) is 0 Å². The Morgan fingerprint density at radius 2 is 2.00 bits per heavy atom. The zero-order chi connectivity index (χ0) is 15.1. The lowest BCUT2D eigenvalue weighted by Gasteiger charge is -2.09. The summed E-state index contributed by atoms with van der Waals surface area (Å²) >= 11 is 1.34. The minimum absolute atomic E-state index is 0.0749. The van der Waals surface area contributed by atoms with Gasteiger partial charge in [0, 0.05) is 7.05 Å². The van der Waals surface area contributed by atoms with Crippen molar-refractivity contribution in [2.45, 2.75) is 24.3 Å². The number of ketones is 1. The first-order valence-corrected chi connectivity index (χ1v) is 7.38. The predicted octanol–water partition coefficient (Wildman–Crippen LogP) is 1.65. The van der Waals surface area contributed by atoms with Gasteiger partial charge in [-0.2, -0.15) is 0 Å². The number of nitrogens with zero attached hydrogens (tertiary/aromatic N) is 4. The number of rotatable bonds is 3. The first-order valence-electron chi connectivity index (χ1n) is 6.50. The summed E-state index contributed by atoms with van der Waals surface area (Å²) in [5.74, 6) is 0.544. The van der Waals surface area contributed by atoms with Crippen molar-refractivity contribution in [3.05, 3.63) is 34.6 Å². The normalized spacial score (nSPS) is 12.9. The minimum Gasteiger partial charge on any atom is -0.299 e. The van der Waals surface area contributed by atoms with Crippen LogP contribution in [0.25, 0.3) is 16.7 Å². The van der Waals surface area contributed by atoms with Gasteiger partial charge in [-0.05, 0) is 26.0 Å². The molecule has 0 bridgehead atoms. The molecule has 0 fully saturated rings. The van der Waals surface area contributed by atoms with Crippen LogP contribution in [0.1, 0.15) is 13.8 Å². The van der Waals surface area contributed by atoms with E-state index < -0.39 is 0 Å². The molecular weight excluding hydrogens is 288 g/mol. The number of carbonyl (C=O) groups excluding carboxylic acids is 1. The largest absolute Gasteiger partial charge is 0.299 e. The van der Waals surface area contributed by atoms with Crippen LogP contribution in [0.4, 0.5) is 0 Å². The molecule has 21 heavy (non-hydrogen) atoms. The van der Waals surface area contributed by atoms with Gasteiger partial charge in [0.15, 0.2) is 5.16 Å². The average Bonchev–Trinajstić information content (AvgIpc) is 2.88. The van der Waals surface area contributed by atoms with E-state index >= 15 is 0 Å². The van der Waals surface area contributed by atoms with E-state index in [1.807, 2.05) is 29.5 Å². The van der Waals surface area contributed by atoms with Gasteiger partial charge in [-0.25, -0.2) is 0 Å². The molecule has 0 saturated heterocycles. The Balaban J connectivity index is 2.34. The molecule has 108 valence electrons. The minimum atomic E-state index is -0.214. The van der Waals surface area contributed by atoms with Crippen LogP contribution in [-0.2, 0) is 11.8 Å². The van der Waals surface area contributed by atoms with Crippen LogP contribution in [-0.4, -0.2) is 30.2 Å². The molecule has 3 rings (SSSR count). The second kappa shape index (κ2) is 5.00. The standard InChI is InChI=1S/C14H14N4O2S/c1-8(19)9(2)21-14-16-15-13-17(3)12(20)10-6-4-5-7-11(10)18(13)14/h4-7,9H,1-3H3. The van der Waals surface area contributed by atoms with Crippen molar-refractivity contribution in [1.82, 2.24) is 19.2 Å². The number of aryl methyl sites for hydroxylation is 1. The van der Waals surface area contributed by atoms with Crippen LogP contribution >= 0.6 is 11.8 Å². The van der Waals surface area contributed by atoms with Gasteiger partial charge in [0.25, 0.3) is 5.56 Å². The molecule has 1 atom stereocenters. The Hall–Kier alpha value is -2.15. The van der Waals surface area contributed by atoms with Crippen LogP contribution in [0.5, 0.6) is 0 Å². The highest BCUT2D eigenvalue weighted by Gasteiger charge is 2.18. The Morgan fingerprint density at radius 1 is 1.29 bits per heavy atom. The van der Waals surface area contributed by atoms with Gasteiger partial charge in [-0.15, -0.1) is 10.2 Å². The van der Waals surface area contributed by atoms with E-state index in [-0.39, 0.29) is 16.6 Å². The van der Waals surface area contributed by atoms with E-state index in [0.29, 0.717) is 16.3 Å². The first-order chi connectivity index (χ1) is 10.0. The summed E-state index contributed by atoms with van der Waals surface area (Å²) in [5.41, 5.74) is 0.639. The molecule has 1 aromatic carbocycles. The van der Waals surface area contributed by atoms with Crippen LogP contribution in [0.15, 0.2) is 34.2 Å². The smallest absolute Gasteiger partial charge is 0.262 e. The number of para-hydroxylation sites is 1. The molecule has 0 aliphatic rings. The van der Waals surface area contributed by atoms with Gasteiger partial charge < -0.3 is 0 Å². The van der Waals surface area contributed by atoms with Crippen LogP contribution < -0.4 is 5.56 Å². The zero-order valence-electron chi connectivity index (χ0n) is 11.9. The first kappa shape index (κ1) is 13.8. The zero-order valence-corrected chi connectivity index (χ0v) is 12.7. The van der Waals surface area contributed by atoms with E-state index in [4.69, 9.17) is 0 Å². The number of carbonyl (C=O) groups is 1. The van der Waals surface area contributed by atoms with E-state index in [9.17, 15) is 9.59 Å². The summed E-state index contributed by atoms with van der Waals surface area (Å²) < 4.78 is 3.29. The third-order valence-electron chi connectivity index (χ3n) is 3.45. The van der Waals surface area contributed by atoms with E-state index in [0.717, 1.165) is 5.52 Å². The highest BCUT2D eigenvalue weighted by molar-refractivity contribution is 8.00. The lowest BCUT2D eigenvalue weighted by molar-refractivity contribution is -0.116. The summed E-state index contributed by atoms with van der Waals surface area (Å²) in [4.78, 5) is 23.8. The molecular formula is C14H14N4O2S. The number of Topliss-reactive ketones (excluding diaryl/α,β-unsaturated/α-hetero) is 1. The van der Waals surface area contributed by atoms with E-state index in [1.54, 1.807) is 20.0 Å². The Bertz CT molecular complexity index is 912. The summed E-state index contributed by atoms with van der Waals surface area (Å²) in [6.45, 7) is 3.38. The van der Waals surface area contributed by atoms with Gasteiger partial charge in [0.05, 0.1) is 16.2 Å². The number of benzene rings is 1. The maximum Gasteiger partial charge on any atom is 0.262 e. The maximum atomic E-state index is 12.3. The third kappa shape index (κ3) is 2.13. The van der Waals surface area contributed by atoms with Crippen LogP contribution in [0.3, 0.4) is 0 Å². The lowest BCUT2D eigenvalue weighted by Crippen LogP contribution is -2.20. The molecule has 2 heterocycles. The van der Waals surface area contributed by atoms with Crippen LogP contribution in [0, 0.1) is 0 Å². The van der Waals surface area contributed by atoms with Gasteiger partial charge in [-0.3, -0.25) is 18.6 Å². The number of thioether (sulfide) groups is 1. The molecule has 0 N–H and O–H groups in total. The van der Waals surface area contributed by atoms with Crippen molar-refractivity contribution in [2.75, 3.05) is 0 Å². The quantitative estimate of drug-likeness (QED) is 0.688. The second-order valence-corrected chi connectivity index (χ2v) is 6.18. The molecule has 2 aromatic heterocycles. The molecule has 0 saturated carbocycles. The third-order valence-corrected chi connectivity index (χ3v) is 4.61. The van der Waals surface area contributed by atoms with Crippen molar-refractivity contribution >= 4 is 34.2 Å². The summed E-state index contributed by atoms with van der Waals surface area (Å²) in [7, 11) is 1.67. The molecule has 0 spiro atoms. The Labute approximate surface area is 124 Å². The van der Waals surface area contributed by atoms with E-state index in [2.05, 4.69) is 10.2 Å².